The molecule has 108 valence electrons. The Balaban J connectivity index is 2.46. The molecule has 0 heterocycles. The van der Waals surface area contributed by atoms with Gasteiger partial charge in [0.05, 0.1) is 11.6 Å². The number of para-hydroxylation sites is 2. The molecule has 0 radical (unpaired) electrons. The predicted octanol–water partition coefficient (Wildman–Crippen LogP) is 5.74. The largest absolute Gasteiger partial charge is 0.287 e. The molecule has 0 aliphatic heterocycles. The summed E-state index contributed by atoms with van der Waals surface area (Å²) in [6.45, 7) is 0. The molecule has 0 atom stereocenters. The van der Waals surface area contributed by atoms with Gasteiger partial charge in [-0.1, -0.05) is 59.6 Å². The lowest BCUT2D eigenvalue weighted by Crippen LogP contribution is -2.29. The Morgan fingerprint density at radius 2 is 1.57 bits per heavy atom. The van der Waals surface area contributed by atoms with Gasteiger partial charge in [0.2, 0.25) is 0 Å². The van der Waals surface area contributed by atoms with Gasteiger partial charge in [0.1, 0.15) is 11.0 Å². The van der Waals surface area contributed by atoms with Crippen LogP contribution in [0.25, 0.3) is 0 Å². The van der Waals surface area contributed by atoms with Crippen molar-refractivity contribution in [2.75, 3.05) is 10.8 Å². The van der Waals surface area contributed by atoms with E-state index in [-0.39, 0.29) is 5.88 Å². The minimum absolute atomic E-state index is 0.199. The van der Waals surface area contributed by atoms with Crippen LogP contribution in [0.15, 0.2) is 76.3 Å². The molecule has 2 nitrogen and oxygen atoms in total. The monoisotopic (exact) mass is 338 g/mol. The van der Waals surface area contributed by atoms with Crippen molar-refractivity contribution in [3.8, 4) is 0 Å². The minimum atomic E-state index is 0.199. The van der Waals surface area contributed by atoms with E-state index in [0.29, 0.717) is 11.0 Å². The molecular weight excluding hydrogens is 327 g/mol. The van der Waals surface area contributed by atoms with Crippen molar-refractivity contribution < 1.29 is 0 Å². The third-order valence-electron chi connectivity index (χ3n) is 2.71. The Morgan fingerprint density at radius 3 is 2.10 bits per heavy atom. The maximum absolute atomic E-state index is 6.22. The van der Waals surface area contributed by atoms with Gasteiger partial charge < -0.3 is 0 Å². The molecule has 0 aliphatic carbocycles. The van der Waals surface area contributed by atoms with Crippen LogP contribution in [0, 0.1) is 0 Å². The molecule has 0 unspecified atom stereocenters. The molecule has 21 heavy (non-hydrogen) atoms. The summed E-state index contributed by atoms with van der Waals surface area (Å²) in [7, 11) is 0. The zero-order valence-electron chi connectivity index (χ0n) is 11.1. The minimum Gasteiger partial charge on any atom is -0.287 e. The summed E-state index contributed by atoms with van der Waals surface area (Å²) in [6, 6.07) is 19.1. The zero-order chi connectivity index (χ0) is 15.1. The van der Waals surface area contributed by atoms with Gasteiger partial charge in [-0.15, -0.1) is 11.6 Å². The number of nitrogens with zero attached hydrogens (tertiary/aromatic N) is 2. The van der Waals surface area contributed by atoms with Gasteiger partial charge in [-0.25, -0.2) is 4.99 Å². The van der Waals surface area contributed by atoms with E-state index in [2.05, 4.69) is 4.99 Å². The van der Waals surface area contributed by atoms with E-state index in [4.69, 9.17) is 34.8 Å². The standard InChI is InChI=1S/C16H13Cl3N2/c17-11-15(19)21(14-9-5-2-6-10-14)16(12-18)20-13-7-3-1-4-8-13/h1-11H,12H2/b15-11-,20-16?. The number of amidine groups is 1. The molecule has 0 fully saturated rings. The fourth-order valence-electron chi connectivity index (χ4n) is 1.81. The third-order valence-corrected chi connectivity index (χ3v) is 3.55. The highest BCUT2D eigenvalue weighted by atomic mass is 35.5. The summed E-state index contributed by atoms with van der Waals surface area (Å²) in [5, 5.41) is 0.332. The Hall–Kier alpha value is -1.48. The maximum Gasteiger partial charge on any atom is 0.129 e. The van der Waals surface area contributed by atoms with E-state index in [1.54, 1.807) is 4.90 Å². The molecule has 0 bridgehead atoms. The predicted molar refractivity (Wildman–Crippen MR) is 93.0 cm³/mol. The van der Waals surface area contributed by atoms with Crippen LogP contribution < -0.4 is 4.90 Å². The molecule has 0 aromatic heterocycles. The topological polar surface area (TPSA) is 15.6 Å². The van der Waals surface area contributed by atoms with Gasteiger partial charge in [-0.05, 0) is 24.3 Å². The molecule has 0 amide bonds. The van der Waals surface area contributed by atoms with Crippen molar-refractivity contribution in [3.63, 3.8) is 0 Å². The molecule has 2 rings (SSSR count). The Morgan fingerprint density at radius 1 is 1.00 bits per heavy atom. The highest BCUT2D eigenvalue weighted by Crippen LogP contribution is 2.25. The smallest absolute Gasteiger partial charge is 0.129 e. The lowest BCUT2D eigenvalue weighted by Gasteiger charge is -2.24. The highest BCUT2D eigenvalue weighted by molar-refractivity contribution is 6.41. The number of halogens is 3. The summed E-state index contributed by atoms with van der Waals surface area (Å²) in [5.74, 6) is 0.793. The second-order valence-corrected chi connectivity index (χ2v) is 4.97. The van der Waals surface area contributed by atoms with E-state index in [1.807, 2.05) is 60.7 Å². The van der Waals surface area contributed by atoms with Crippen LogP contribution in [0.5, 0.6) is 0 Å². The number of hydrogen-bond acceptors (Lipinski definition) is 1. The van der Waals surface area contributed by atoms with Crippen LogP contribution in [0.3, 0.4) is 0 Å². The molecule has 0 aliphatic rings. The molecule has 0 spiro atoms. The summed E-state index contributed by atoms with van der Waals surface area (Å²) in [4.78, 5) is 6.27. The molecule has 2 aromatic rings. The van der Waals surface area contributed by atoms with Gasteiger partial charge in [0.25, 0.3) is 0 Å². The van der Waals surface area contributed by atoms with Crippen molar-refractivity contribution in [1.29, 1.82) is 0 Å². The van der Waals surface area contributed by atoms with Crippen LogP contribution >= 0.6 is 34.8 Å². The number of alkyl halides is 1. The van der Waals surface area contributed by atoms with Gasteiger partial charge in [0, 0.05) is 11.2 Å². The summed E-state index contributed by atoms with van der Waals surface area (Å²) in [6.07, 6.45) is 0. The number of rotatable bonds is 4. The lowest BCUT2D eigenvalue weighted by molar-refractivity contribution is 1.28. The van der Waals surface area contributed by atoms with Crippen LogP contribution in [0.2, 0.25) is 0 Å². The van der Waals surface area contributed by atoms with Crippen molar-refractivity contribution in [1.82, 2.24) is 0 Å². The third kappa shape index (κ3) is 4.24. The van der Waals surface area contributed by atoms with Crippen LogP contribution in [-0.4, -0.2) is 11.7 Å². The van der Waals surface area contributed by atoms with Gasteiger partial charge in [-0.3, -0.25) is 4.90 Å². The molecule has 0 saturated heterocycles. The first kappa shape index (κ1) is 15.9. The normalized spacial score (nSPS) is 12.3. The second-order valence-electron chi connectivity index (χ2n) is 4.10. The Labute approximate surface area is 139 Å². The van der Waals surface area contributed by atoms with Crippen LogP contribution in [0.1, 0.15) is 0 Å². The number of aliphatic imine (C=N–C) groups is 1. The molecule has 2 aromatic carbocycles. The van der Waals surface area contributed by atoms with E-state index in [9.17, 15) is 0 Å². The summed E-state index contributed by atoms with van der Waals surface area (Å²) < 4.78 is 0. The van der Waals surface area contributed by atoms with E-state index >= 15 is 0 Å². The first-order valence-corrected chi connectivity index (χ1v) is 7.61. The van der Waals surface area contributed by atoms with Gasteiger partial charge in [0.15, 0.2) is 0 Å². The summed E-state index contributed by atoms with van der Waals surface area (Å²) >= 11 is 18.0. The average molecular weight is 340 g/mol. The number of hydrogen-bond donors (Lipinski definition) is 0. The molecule has 5 heteroatoms. The van der Waals surface area contributed by atoms with Crippen molar-refractivity contribution in [3.05, 3.63) is 71.4 Å². The van der Waals surface area contributed by atoms with Gasteiger partial charge in [-0.2, -0.15) is 0 Å². The zero-order valence-corrected chi connectivity index (χ0v) is 13.4. The second kappa shape index (κ2) is 8.08. The average Bonchev–Trinajstić information content (AvgIpc) is 2.56. The van der Waals surface area contributed by atoms with Crippen LogP contribution in [0.4, 0.5) is 11.4 Å². The fourth-order valence-corrected chi connectivity index (χ4v) is 2.28. The Bertz CT molecular complexity index is 624. The molecular formula is C16H13Cl3N2. The number of anilines is 1. The highest BCUT2D eigenvalue weighted by Gasteiger charge is 2.16. The molecule has 0 N–H and O–H groups in total. The van der Waals surface area contributed by atoms with E-state index in [1.165, 1.54) is 5.54 Å². The maximum atomic E-state index is 6.22. The quantitative estimate of drug-likeness (QED) is 0.300. The van der Waals surface area contributed by atoms with Crippen molar-refractivity contribution >= 4 is 52.0 Å². The Kier molecular flexibility index (Phi) is 6.12. The number of benzene rings is 2. The van der Waals surface area contributed by atoms with Gasteiger partial charge >= 0.3 is 0 Å². The molecule has 0 saturated carbocycles. The van der Waals surface area contributed by atoms with E-state index in [0.717, 1.165) is 11.4 Å². The summed E-state index contributed by atoms with van der Waals surface area (Å²) in [5.41, 5.74) is 2.93. The first-order valence-electron chi connectivity index (χ1n) is 6.26. The fraction of sp³-hybridized carbons (Fsp3) is 0.0625. The van der Waals surface area contributed by atoms with Crippen molar-refractivity contribution in [2.45, 2.75) is 0 Å². The lowest BCUT2D eigenvalue weighted by atomic mass is 10.3. The van der Waals surface area contributed by atoms with Crippen molar-refractivity contribution in [2.24, 2.45) is 4.99 Å². The first-order chi connectivity index (χ1) is 10.3. The SMILES string of the molecule is Cl/C=C(/Cl)N(C(CCl)=Nc1ccccc1)c1ccccc1. The van der Waals surface area contributed by atoms with Crippen LogP contribution in [-0.2, 0) is 0 Å². The van der Waals surface area contributed by atoms with E-state index < -0.39 is 0 Å².